The molecule has 0 spiro atoms. The molecule has 0 fully saturated rings. The highest BCUT2D eigenvalue weighted by molar-refractivity contribution is 5.70. The fourth-order valence-electron chi connectivity index (χ4n) is 2.18. The van der Waals surface area contributed by atoms with Gasteiger partial charge in [-0.15, -0.1) is 0 Å². The predicted molar refractivity (Wildman–Crippen MR) is 71.4 cm³/mol. The molecular formula is C15H12O5. The predicted octanol–water partition coefficient (Wildman–Crippen LogP) is 2.45. The summed E-state index contributed by atoms with van der Waals surface area (Å²) in [5, 5.41) is 39.4. The van der Waals surface area contributed by atoms with Gasteiger partial charge < -0.3 is 25.2 Å². The van der Waals surface area contributed by atoms with Crippen LogP contribution in [0.25, 0.3) is 5.76 Å². The highest BCUT2D eigenvalue weighted by Crippen LogP contribution is 2.45. The van der Waals surface area contributed by atoms with Gasteiger partial charge in [0.15, 0.2) is 11.5 Å². The van der Waals surface area contributed by atoms with Crippen molar-refractivity contribution >= 4 is 5.76 Å². The van der Waals surface area contributed by atoms with Crippen molar-refractivity contribution in [3.05, 3.63) is 59.4 Å². The van der Waals surface area contributed by atoms with Crippen molar-refractivity contribution in [3.63, 3.8) is 0 Å². The van der Waals surface area contributed by atoms with Gasteiger partial charge in [0.05, 0.1) is 5.56 Å². The summed E-state index contributed by atoms with van der Waals surface area (Å²) in [5.41, 5.74) is 0.609. The molecule has 0 saturated carbocycles. The number of fused-ring (bicyclic) bond motifs is 1. The second-order valence-corrected chi connectivity index (χ2v) is 4.46. The lowest BCUT2D eigenvalue weighted by atomic mass is 9.99. The van der Waals surface area contributed by atoms with Crippen LogP contribution in [0.1, 0.15) is 17.2 Å². The number of ether oxygens (including phenoxy) is 1. The zero-order chi connectivity index (χ0) is 14.3. The van der Waals surface area contributed by atoms with Gasteiger partial charge in [-0.05, 0) is 0 Å². The van der Waals surface area contributed by atoms with E-state index in [-0.39, 0.29) is 34.3 Å². The highest BCUT2D eigenvalue weighted by atomic mass is 16.5. The number of benzene rings is 2. The van der Waals surface area contributed by atoms with Crippen LogP contribution >= 0.6 is 0 Å². The Morgan fingerprint density at radius 3 is 2.35 bits per heavy atom. The second kappa shape index (κ2) is 4.47. The molecule has 1 aliphatic heterocycles. The minimum atomic E-state index is -1.41. The average Bonchev–Trinajstić information content (AvgIpc) is 2.43. The minimum absolute atomic E-state index is 0.0278. The number of aliphatic hydroxyl groups is 2. The zero-order valence-corrected chi connectivity index (χ0v) is 10.3. The van der Waals surface area contributed by atoms with E-state index < -0.39 is 6.10 Å². The molecule has 5 heteroatoms. The quantitative estimate of drug-likeness (QED) is 0.640. The van der Waals surface area contributed by atoms with Gasteiger partial charge in [-0.1, -0.05) is 30.3 Å². The van der Waals surface area contributed by atoms with Gasteiger partial charge in [-0.25, -0.2) is 0 Å². The smallest absolute Gasteiger partial charge is 0.175 e. The van der Waals surface area contributed by atoms with Crippen LogP contribution in [-0.4, -0.2) is 20.4 Å². The maximum Gasteiger partial charge on any atom is 0.175 e. The fraction of sp³-hybridized carbons (Fsp3) is 0.0667. The lowest BCUT2D eigenvalue weighted by Gasteiger charge is -2.25. The van der Waals surface area contributed by atoms with Crippen LogP contribution in [0.5, 0.6) is 17.2 Å². The number of phenols is 2. The van der Waals surface area contributed by atoms with E-state index in [1.807, 2.05) is 6.07 Å². The van der Waals surface area contributed by atoms with E-state index in [4.69, 9.17) is 4.74 Å². The Balaban J connectivity index is 2.15. The number of phenolic OH excluding ortho intramolecular Hbond substituents is 2. The molecule has 0 bridgehead atoms. The summed E-state index contributed by atoms with van der Waals surface area (Å²) in [6, 6.07) is 11.1. The number of rotatable bonds is 1. The Kier molecular flexibility index (Phi) is 2.76. The van der Waals surface area contributed by atoms with Gasteiger partial charge in [-0.3, -0.25) is 0 Å². The van der Waals surface area contributed by atoms with E-state index in [0.29, 0.717) is 5.56 Å². The normalized spacial score (nSPS) is 17.6. The monoisotopic (exact) mass is 272 g/mol. The van der Waals surface area contributed by atoms with Crippen LogP contribution in [0, 0.1) is 0 Å². The molecule has 0 aliphatic carbocycles. The molecule has 1 unspecified atom stereocenters. The maximum atomic E-state index is 10.1. The lowest BCUT2D eigenvalue weighted by Crippen LogP contribution is -2.15. The summed E-state index contributed by atoms with van der Waals surface area (Å²) >= 11 is 0. The molecule has 5 nitrogen and oxygen atoms in total. The summed E-state index contributed by atoms with van der Waals surface area (Å²) < 4.78 is 5.51. The Bertz CT molecular complexity index is 691. The molecule has 0 radical (unpaired) electrons. The van der Waals surface area contributed by atoms with E-state index in [0.717, 1.165) is 6.07 Å². The number of hydrogen-bond acceptors (Lipinski definition) is 5. The topological polar surface area (TPSA) is 90.2 Å². The highest BCUT2D eigenvalue weighted by Gasteiger charge is 2.32. The van der Waals surface area contributed by atoms with Crippen molar-refractivity contribution in [2.24, 2.45) is 0 Å². The number of aliphatic hydroxyl groups excluding tert-OH is 2. The third-order valence-electron chi connectivity index (χ3n) is 3.12. The van der Waals surface area contributed by atoms with Gasteiger partial charge in [0.2, 0.25) is 0 Å². The third kappa shape index (κ3) is 1.85. The first-order valence-corrected chi connectivity index (χ1v) is 5.98. The lowest BCUT2D eigenvalue weighted by molar-refractivity contribution is 0.138. The van der Waals surface area contributed by atoms with E-state index in [1.165, 1.54) is 6.07 Å². The Morgan fingerprint density at radius 1 is 0.950 bits per heavy atom. The molecule has 2 aromatic carbocycles. The van der Waals surface area contributed by atoms with Crippen LogP contribution in [0.2, 0.25) is 0 Å². The second-order valence-electron chi connectivity index (χ2n) is 4.46. The SMILES string of the molecule is OC1=C(c2ccccc2)Oc2cc(O)cc(O)c2C1O. The first kappa shape index (κ1) is 12.4. The molecule has 1 atom stereocenters. The van der Waals surface area contributed by atoms with Crippen molar-refractivity contribution in [2.75, 3.05) is 0 Å². The van der Waals surface area contributed by atoms with Crippen LogP contribution < -0.4 is 4.74 Å². The molecule has 2 aromatic rings. The van der Waals surface area contributed by atoms with Crippen molar-refractivity contribution in [3.8, 4) is 17.2 Å². The third-order valence-corrected chi connectivity index (χ3v) is 3.12. The molecule has 3 rings (SSSR count). The summed E-state index contributed by atoms with van der Waals surface area (Å²) in [5.74, 6) is -0.722. The van der Waals surface area contributed by atoms with Gasteiger partial charge in [0.1, 0.15) is 23.4 Å². The maximum absolute atomic E-state index is 10.1. The molecule has 102 valence electrons. The molecule has 0 amide bonds. The first-order valence-electron chi connectivity index (χ1n) is 5.98. The summed E-state index contributed by atoms with van der Waals surface area (Å²) in [6.07, 6.45) is -1.41. The number of aromatic hydroxyl groups is 2. The summed E-state index contributed by atoms with van der Waals surface area (Å²) in [6.45, 7) is 0. The van der Waals surface area contributed by atoms with Crippen LogP contribution in [0.15, 0.2) is 48.2 Å². The minimum Gasteiger partial charge on any atom is -0.508 e. The first-order chi connectivity index (χ1) is 9.58. The summed E-state index contributed by atoms with van der Waals surface area (Å²) in [7, 11) is 0. The van der Waals surface area contributed by atoms with Crippen molar-refractivity contribution < 1.29 is 25.2 Å². The molecule has 0 aromatic heterocycles. The standard InChI is InChI=1S/C15H12O5/c16-9-6-10(17)12-11(7-9)20-15(14(19)13(12)18)8-4-2-1-3-5-8/h1-7,13,16-19H. The molecule has 0 saturated heterocycles. The molecule has 1 heterocycles. The Morgan fingerprint density at radius 2 is 1.65 bits per heavy atom. The largest absolute Gasteiger partial charge is 0.508 e. The van der Waals surface area contributed by atoms with Crippen molar-refractivity contribution in [1.29, 1.82) is 0 Å². The summed E-state index contributed by atoms with van der Waals surface area (Å²) in [4.78, 5) is 0. The number of hydrogen-bond donors (Lipinski definition) is 4. The molecule has 1 aliphatic rings. The van der Waals surface area contributed by atoms with Gasteiger partial charge in [0.25, 0.3) is 0 Å². The fourth-order valence-corrected chi connectivity index (χ4v) is 2.18. The van der Waals surface area contributed by atoms with Crippen molar-refractivity contribution in [2.45, 2.75) is 6.10 Å². The zero-order valence-electron chi connectivity index (χ0n) is 10.3. The Hall–Kier alpha value is -2.66. The van der Waals surface area contributed by atoms with E-state index in [9.17, 15) is 20.4 Å². The van der Waals surface area contributed by atoms with Crippen LogP contribution in [0.3, 0.4) is 0 Å². The molecule has 4 N–H and O–H groups in total. The van der Waals surface area contributed by atoms with Crippen LogP contribution in [0.4, 0.5) is 0 Å². The van der Waals surface area contributed by atoms with E-state index in [1.54, 1.807) is 24.3 Å². The van der Waals surface area contributed by atoms with Crippen molar-refractivity contribution in [1.82, 2.24) is 0 Å². The van der Waals surface area contributed by atoms with Gasteiger partial charge in [-0.2, -0.15) is 0 Å². The van der Waals surface area contributed by atoms with Gasteiger partial charge in [0, 0.05) is 17.7 Å². The Labute approximate surface area is 114 Å². The van der Waals surface area contributed by atoms with E-state index >= 15 is 0 Å². The molecular weight excluding hydrogens is 260 g/mol. The molecule has 20 heavy (non-hydrogen) atoms. The van der Waals surface area contributed by atoms with E-state index in [2.05, 4.69) is 0 Å². The average molecular weight is 272 g/mol. The van der Waals surface area contributed by atoms with Gasteiger partial charge >= 0.3 is 0 Å². The van der Waals surface area contributed by atoms with Crippen LogP contribution in [-0.2, 0) is 0 Å².